The molecule has 8 heavy (non-hydrogen) atoms. The van der Waals surface area contributed by atoms with Crippen molar-refractivity contribution in [3.8, 4) is 0 Å². The number of hydrogen-bond acceptors (Lipinski definition) is 1. The molecule has 1 nitrogen and oxygen atoms in total. The Morgan fingerprint density at radius 2 is 2.38 bits per heavy atom. The standard InChI is InChI=1S/C6H9ClO/c1-2-3-6(4-7)5-8/h2,4,8H,1,3,5H2/b6-4+. The molecule has 0 heterocycles. The van der Waals surface area contributed by atoms with Crippen molar-refractivity contribution in [1.82, 2.24) is 0 Å². The Labute approximate surface area is 54.3 Å². The predicted molar refractivity (Wildman–Crippen MR) is 35.8 cm³/mol. The zero-order valence-corrected chi connectivity index (χ0v) is 5.36. The molecule has 0 atom stereocenters. The van der Waals surface area contributed by atoms with E-state index >= 15 is 0 Å². The van der Waals surface area contributed by atoms with Crippen LogP contribution < -0.4 is 0 Å². The first kappa shape index (κ1) is 7.73. The number of aliphatic hydroxyl groups is 1. The van der Waals surface area contributed by atoms with Gasteiger partial charge in [-0.1, -0.05) is 17.7 Å². The topological polar surface area (TPSA) is 20.2 Å². The van der Waals surface area contributed by atoms with Crippen LogP contribution in [0.2, 0.25) is 0 Å². The van der Waals surface area contributed by atoms with Crippen molar-refractivity contribution in [3.05, 3.63) is 23.8 Å². The number of halogens is 1. The van der Waals surface area contributed by atoms with Crippen LogP contribution >= 0.6 is 11.6 Å². The first-order valence-electron chi connectivity index (χ1n) is 2.35. The molecule has 0 aromatic heterocycles. The van der Waals surface area contributed by atoms with Crippen LogP contribution in [-0.4, -0.2) is 11.7 Å². The van der Waals surface area contributed by atoms with Gasteiger partial charge in [0.2, 0.25) is 0 Å². The van der Waals surface area contributed by atoms with Gasteiger partial charge in [-0.3, -0.25) is 0 Å². The fourth-order valence-electron chi connectivity index (χ4n) is 0.329. The second-order valence-corrected chi connectivity index (χ2v) is 1.64. The monoisotopic (exact) mass is 132 g/mol. The summed E-state index contributed by atoms with van der Waals surface area (Å²) < 4.78 is 0. The highest BCUT2D eigenvalue weighted by Crippen LogP contribution is 2.00. The molecule has 0 rings (SSSR count). The molecule has 0 fully saturated rings. The highest BCUT2D eigenvalue weighted by atomic mass is 35.5. The van der Waals surface area contributed by atoms with Gasteiger partial charge in [0.25, 0.3) is 0 Å². The SMILES string of the molecule is C=CC/C(=C\Cl)CO. The molecular weight excluding hydrogens is 124 g/mol. The van der Waals surface area contributed by atoms with Crippen LogP contribution in [0.4, 0.5) is 0 Å². The fraction of sp³-hybridized carbons (Fsp3) is 0.333. The summed E-state index contributed by atoms with van der Waals surface area (Å²) in [6.07, 6.45) is 2.37. The van der Waals surface area contributed by atoms with E-state index in [-0.39, 0.29) is 6.61 Å². The maximum atomic E-state index is 8.46. The Hall–Kier alpha value is -0.270. The minimum absolute atomic E-state index is 0.0233. The molecule has 0 aromatic carbocycles. The maximum absolute atomic E-state index is 8.46. The summed E-state index contributed by atoms with van der Waals surface area (Å²) in [7, 11) is 0. The van der Waals surface area contributed by atoms with E-state index in [1.807, 2.05) is 0 Å². The molecule has 1 N–H and O–H groups in total. The second-order valence-electron chi connectivity index (χ2n) is 1.42. The highest BCUT2D eigenvalue weighted by Gasteiger charge is 1.86. The Kier molecular flexibility index (Phi) is 4.71. The molecule has 0 spiro atoms. The van der Waals surface area contributed by atoms with E-state index in [9.17, 15) is 0 Å². The highest BCUT2D eigenvalue weighted by molar-refractivity contribution is 6.25. The van der Waals surface area contributed by atoms with Gasteiger partial charge in [-0.15, -0.1) is 6.58 Å². The number of aliphatic hydroxyl groups excluding tert-OH is 1. The first-order chi connectivity index (χ1) is 3.85. The van der Waals surface area contributed by atoms with E-state index in [4.69, 9.17) is 16.7 Å². The van der Waals surface area contributed by atoms with E-state index in [0.29, 0.717) is 6.42 Å². The van der Waals surface area contributed by atoms with E-state index < -0.39 is 0 Å². The van der Waals surface area contributed by atoms with Gasteiger partial charge >= 0.3 is 0 Å². The summed E-state index contributed by atoms with van der Waals surface area (Å²) in [5.41, 5.74) is 2.17. The number of allylic oxidation sites excluding steroid dienone is 1. The number of hydrogen-bond donors (Lipinski definition) is 1. The lowest BCUT2D eigenvalue weighted by molar-refractivity contribution is 0.329. The molecule has 0 aliphatic rings. The van der Waals surface area contributed by atoms with Gasteiger partial charge < -0.3 is 5.11 Å². The molecular formula is C6H9ClO. The van der Waals surface area contributed by atoms with Gasteiger partial charge in [-0.05, 0) is 12.0 Å². The normalized spacial score (nSPS) is 11.5. The quantitative estimate of drug-likeness (QED) is 0.580. The summed E-state index contributed by atoms with van der Waals surface area (Å²) in [6.45, 7) is 3.51. The Morgan fingerprint density at radius 1 is 1.75 bits per heavy atom. The minimum atomic E-state index is 0.0233. The van der Waals surface area contributed by atoms with Crippen LogP contribution in [0, 0.1) is 0 Å². The van der Waals surface area contributed by atoms with Gasteiger partial charge in [0.1, 0.15) is 0 Å². The lowest BCUT2D eigenvalue weighted by Gasteiger charge is -1.92. The molecule has 0 radical (unpaired) electrons. The fourth-order valence-corrected chi connectivity index (χ4v) is 0.487. The van der Waals surface area contributed by atoms with Crippen LogP contribution in [0.1, 0.15) is 6.42 Å². The van der Waals surface area contributed by atoms with Crippen LogP contribution in [0.5, 0.6) is 0 Å². The first-order valence-corrected chi connectivity index (χ1v) is 2.78. The number of rotatable bonds is 3. The minimum Gasteiger partial charge on any atom is -0.392 e. The van der Waals surface area contributed by atoms with Crippen molar-refractivity contribution in [1.29, 1.82) is 0 Å². The van der Waals surface area contributed by atoms with E-state index in [2.05, 4.69) is 6.58 Å². The summed E-state index contributed by atoms with van der Waals surface area (Å²) >= 11 is 5.28. The Bertz CT molecular complexity index is 96.7. The predicted octanol–water partition coefficient (Wildman–Crippen LogP) is 1.68. The summed E-state index contributed by atoms with van der Waals surface area (Å²) in [5, 5.41) is 8.46. The lowest BCUT2D eigenvalue weighted by Crippen LogP contribution is -1.85. The van der Waals surface area contributed by atoms with Crippen LogP contribution in [-0.2, 0) is 0 Å². The zero-order valence-electron chi connectivity index (χ0n) is 4.60. The zero-order chi connectivity index (χ0) is 6.41. The van der Waals surface area contributed by atoms with Gasteiger partial charge in [0.05, 0.1) is 6.61 Å². The third kappa shape index (κ3) is 2.83. The molecule has 0 unspecified atom stereocenters. The molecule has 2 heteroatoms. The smallest absolute Gasteiger partial charge is 0.0656 e. The Morgan fingerprint density at radius 3 is 2.50 bits per heavy atom. The molecule has 0 aliphatic carbocycles. The van der Waals surface area contributed by atoms with Gasteiger partial charge in [-0.2, -0.15) is 0 Å². The molecule has 0 saturated carbocycles. The molecule has 0 aliphatic heterocycles. The summed E-state index contributed by atoms with van der Waals surface area (Å²) in [6, 6.07) is 0. The van der Waals surface area contributed by atoms with Crippen molar-refractivity contribution in [2.24, 2.45) is 0 Å². The van der Waals surface area contributed by atoms with Crippen molar-refractivity contribution in [2.45, 2.75) is 6.42 Å². The van der Waals surface area contributed by atoms with E-state index in [1.54, 1.807) is 6.08 Å². The molecule has 0 bridgehead atoms. The molecule has 0 aromatic rings. The van der Waals surface area contributed by atoms with Gasteiger partial charge in [0, 0.05) is 5.54 Å². The van der Waals surface area contributed by atoms with Crippen molar-refractivity contribution >= 4 is 11.6 Å². The Balaban J connectivity index is 3.53. The van der Waals surface area contributed by atoms with Crippen molar-refractivity contribution in [2.75, 3.05) is 6.61 Å². The third-order valence-electron chi connectivity index (χ3n) is 0.764. The van der Waals surface area contributed by atoms with E-state index in [1.165, 1.54) is 5.54 Å². The van der Waals surface area contributed by atoms with Crippen molar-refractivity contribution < 1.29 is 5.11 Å². The average molecular weight is 133 g/mol. The van der Waals surface area contributed by atoms with Crippen LogP contribution in [0.3, 0.4) is 0 Å². The molecule has 0 saturated heterocycles. The summed E-state index contributed by atoms with van der Waals surface area (Å²) in [5.74, 6) is 0. The van der Waals surface area contributed by atoms with Crippen molar-refractivity contribution in [3.63, 3.8) is 0 Å². The lowest BCUT2D eigenvalue weighted by atomic mass is 10.2. The second kappa shape index (κ2) is 4.88. The molecule has 46 valence electrons. The molecule has 0 amide bonds. The third-order valence-corrected chi connectivity index (χ3v) is 1.07. The van der Waals surface area contributed by atoms with Crippen LogP contribution in [0.15, 0.2) is 23.8 Å². The van der Waals surface area contributed by atoms with Gasteiger partial charge in [-0.25, -0.2) is 0 Å². The maximum Gasteiger partial charge on any atom is 0.0656 e. The average Bonchev–Trinajstić information content (AvgIpc) is 1.83. The summed E-state index contributed by atoms with van der Waals surface area (Å²) in [4.78, 5) is 0. The van der Waals surface area contributed by atoms with Crippen LogP contribution in [0.25, 0.3) is 0 Å². The largest absolute Gasteiger partial charge is 0.392 e. The van der Waals surface area contributed by atoms with E-state index in [0.717, 1.165) is 5.57 Å². The van der Waals surface area contributed by atoms with Gasteiger partial charge in [0.15, 0.2) is 0 Å².